The van der Waals surface area contributed by atoms with Crippen LogP contribution in [0, 0.1) is 11.2 Å². The van der Waals surface area contributed by atoms with Gasteiger partial charge in [-0.1, -0.05) is 63.2 Å². The predicted octanol–water partition coefficient (Wildman–Crippen LogP) is 4.41. The first-order chi connectivity index (χ1) is 10.9. The molecule has 0 aromatic heterocycles. The Kier molecular flexibility index (Phi) is 5.37. The third kappa shape index (κ3) is 5.09. The van der Waals surface area contributed by atoms with Gasteiger partial charge in [-0.3, -0.25) is 0 Å². The van der Waals surface area contributed by atoms with Gasteiger partial charge in [0.25, 0.3) is 0 Å². The van der Waals surface area contributed by atoms with Crippen molar-refractivity contribution in [3.63, 3.8) is 0 Å². The molecule has 2 aromatic rings. The standard InChI is InChI=1S/C19H23FN2O/c1-19(2,3)17(15-9-5-4-6-10-15)22-18(23)21-13-14-8-7-11-16(20)12-14/h4-12,17H,13H2,1-3H3,(H2,21,22,23). The Morgan fingerprint density at radius 3 is 2.39 bits per heavy atom. The van der Waals surface area contributed by atoms with Crippen molar-refractivity contribution in [2.45, 2.75) is 33.4 Å². The Balaban J connectivity index is 2.01. The first-order valence-electron chi connectivity index (χ1n) is 7.70. The monoisotopic (exact) mass is 314 g/mol. The number of halogens is 1. The second kappa shape index (κ2) is 7.27. The number of hydrogen-bond acceptors (Lipinski definition) is 1. The second-order valence-corrected chi connectivity index (χ2v) is 6.67. The van der Waals surface area contributed by atoms with E-state index in [1.165, 1.54) is 12.1 Å². The fourth-order valence-corrected chi connectivity index (χ4v) is 2.46. The highest BCUT2D eigenvalue weighted by Gasteiger charge is 2.27. The van der Waals surface area contributed by atoms with Gasteiger partial charge in [0, 0.05) is 6.54 Å². The number of hydrogen-bond donors (Lipinski definition) is 2. The first-order valence-corrected chi connectivity index (χ1v) is 7.70. The molecule has 0 saturated heterocycles. The van der Waals surface area contributed by atoms with Crippen LogP contribution >= 0.6 is 0 Å². The third-order valence-corrected chi connectivity index (χ3v) is 3.62. The van der Waals surface area contributed by atoms with E-state index in [1.54, 1.807) is 12.1 Å². The van der Waals surface area contributed by atoms with Crippen LogP contribution in [0.2, 0.25) is 0 Å². The molecule has 122 valence electrons. The van der Waals surface area contributed by atoms with Gasteiger partial charge in [-0.25, -0.2) is 9.18 Å². The highest BCUT2D eigenvalue weighted by molar-refractivity contribution is 5.74. The van der Waals surface area contributed by atoms with Gasteiger partial charge in [0.2, 0.25) is 0 Å². The van der Waals surface area contributed by atoms with E-state index in [9.17, 15) is 9.18 Å². The van der Waals surface area contributed by atoms with Crippen molar-refractivity contribution in [3.8, 4) is 0 Å². The van der Waals surface area contributed by atoms with E-state index in [1.807, 2.05) is 30.3 Å². The van der Waals surface area contributed by atoms with Crippen LogP contribution in [-0.2, 0) is 6.54 Å². The van der Waals surface area contributed by atoms with Crippen molar-refractivity contribution in [3.05, 3.63) is 71.5 Å². The lowest BCUT2D eigenvalue weighted by Gasteiger charge is -2.32. The number of urea groups is 1. The summed E-state index contributed by atoms with van der Waals surface area (Å²) in [6.07, 6.45) is 0. The average Bonchev–Trinajstić information content (AvgIpc) is 2.50. The van der Waals surface area contributed by atoms with E-state index in [4.69, 9.17) is 0 Å². The van der Waals surface area contributed by atoms with Crippen molar-refractivity contribution in [2.24, 2.45) is 5.41 Å². The molecular weight excluding hydrogens is 291 g/mol. The molecule has 2 rings (SSSR count). The molecule has 1 atom stereocenters. The molecule has 0 aliphatic carbocycles. The van der Waals surface area contributed by atoms with Crippen LogP contribution in [0.25, 0.3) is 0 Å². The minimum atomic E-state index is -0.304. The van der Waals surface area contributed by atoms with E-state index in [2.05, 4.69) is 31.4 Å². The largest absolute Gasteiger partial charge is 0.334 e. The molecule has 0 bridgehead atoms. The molecule has 4 heteroatoms. The summed E-state index contributed by atoms with van der Waals surface area (Å²) in [5.41, 5.74) is 1.66. The zero-order chi connectivity index (χ0) is 16.9. The van der Waals surface area contributed by atoms with Gasteiger partial charge < -0.3 is 10.6 Å². The van der Waals surface area contributed by atoms with E-state index in [-0.39, 0.29) is 29.8 Å². The first kappa shape index (κ1) is 17.0. The smallest absolute Gasteiger partial charge is 0.315 e. The molecule has 1 unspecified atom stereocenters. The maximum absolute atomic E-state index is 13.2. The molecular formula is C19H23FN2O. The summed E-state index contributed by atoms with van der Waals surface area (Å²) in [5.74, 6) is -0.304. The zero-order valence-corrected chi connectivity index (χ0v) is 13.8. The summed E-state index contributed by atoms with van der Waals surface area (Å²) >= 11 is 0. The van der Waals surface area contributed by atoms with Crippen LogP contribution in [0.15, 0.2) is 54.6 Å². The Labute approximate surface area is 136 Å². The Morgan fingerprint density at radius 1 is 1.09 bits per heavy atom. The van der Waals surface area contributed by atoms with Gasteiger partial charge in [0.05, 0.1) is 6.04 Å². The summed E-state index contributed by atoms with van der Waals surface area (Å²) in [7, 11) is 0. The maximum atomic E-state index is 13.2. The van der Waals surface area contributed by atoms with Crippen LogP contribution in [0.5, 0.6) is 0 Å². The molecule has 0 radical (unpaired) electrons. The van der Waals surface area contributed by atoms with E-state index >= 15 is 0 Å². The molecule has 2 amide bonds. The lowest BCUT2D eigenvalue weighted by atomic mass is 9.82. The zero-order valence-electron chi connectivity index (χ0n) is 13.8. The predicted molar refractivity (Wildman–Crippen MR) is 90.4 cm³/mol. The summed E-state index contributed by atoms with van der Waals surface area (Å²) in [4.78, 5) is 12.2. The third-order valence-electron chi connectivity index (χ3n) is 3.62. The maximum Gasteiger partial charge on any atom is 0.315 e. The minimum Gasteiger partial charge on any atom is -0.334 e. The van der Waals surface area contributed by atoms with Crippen LogP contribution in [0.4, 0.5) is 9.18 Å². The van der Waals surface area contributed by atoms with Crippen molar-refractivity contribution in [2.75, 3.05) is 0 Å². The number of amides is 2. The molecule has 3 nitrogen and oxygen atoms in total. The van der Waals surface area contributed by atoms with Crippen LogP contribution in [0.3, 0.4) is 0 Å². The summed E-state index contributed by atoms with van der Waals surface area (Å²) in [5, 5.41) is 5.80. The molecule has 2 aromatic carbocycles. The molecule has 0 saturated carbocycles. The highest BCUT2D eigenvalue weighted by atomic mass is 19.1. The molecule has 0 heterocycles. The fourth-order valence-electron chi connectivity index (χ4n) is 2.46. The Hall–Kier alpha value is -2.36. The van der Waals surface area contributed by atoms with Gasteiger partial charge in [-0.05, 0) is 28.7 Å². The lowest BCUT2D eigenvalue weighted by Crippen LogP contribution is -2.42. The fraction of sp³-hybridized carbons (Fsp3) is 0.316. The Bertz CT molecular complexity index is 650. The summed E-state index contributed by atoms with van der Waals surface area (Å²) < 4.78 is 13.2. The van der Waals surface area contributed by atoms with Crippen molar-refractivity contribution in [1.29, 1.82) is 0 Å². The Morgan fingerprint density at radius 2 is 1.78 bits per heavy atom. The van der Waals surface area contributed by atoms with E-state index in [0.717, 1.165) is 11.1 Å². The number of benzene rings is 2. The molecule has 0 aliphatic rings. The topological polar surface area (TPSA) is 41.1 Å². The number of rotatable bonds is 4. The second-order valence-electron chi connectivity index (χ2n) is 6.67. The SMILES string of the molecule is CC(C)(C)C(NC(=O)NCc1cccc(F)c1)c1ccccc1. The van der Waals surface area contributed by atoms with Crippen molar-refractivity contribution < 1.29 is 9.18 Å². The van der Waals surface area contributed by atoms with Gasteiger partial charge in [-0.2, -0.15) is 0 Å². The quantitative estimate of drug-likeness (QED) is 0.862. The average molecular weight is 314 g/mol. The molecule has 0 spiro atoms. The van der Waals surface area contributed by atoms with Crippen LogP contribution in [-0.4, -0.2) is 6.03 Å². The number of carbonyl (C=O) groups excluding carboxylic acids is 1. The van der Waals surface area contributed by atoms with Crippen LogP contribution < -0.4 is 10.6 Å². The minimum absolute atomic E-state index is 0.115. The van der Waals surface area contributed by atoms with Gasteiger partial charge >= 0.3 is 6.03 Å². The normalized spacial score (nSPS) is 12.5. The summed E-state index contributed by atoms with van der Waals surface area (Å²) in [6.45, 7) is 6.53. The van der Waals surface area contributed by atoms with E-state index in [0.29, 0.717) is 0 Å². The van der Waals surface area contributed by atoms with Gasteiger partial charge in [-0.15, -0.1) is 0 Å². The van der Waals surface area contributed by atoms with Crippen molar-refractivity contribution in [1.82, 2.24) is 10.6 Å². The van der Waals surface area contributed by atoms with Crippen molar-refractivity contribution >= 4 is 6.03 Å². The summed E-state index contributed by atoms with van der Waals surface area (Å²) in [6, 6.07) is 15.7. The number of nitrogens with one attached hydrogen (secondary N) is 2. The molecule has 0 fully saturated rings. The van der Waals surface area contributed by atoms with Gasteiger partial charge in [0.15, 0.2) is 0 Å². The van der Waals surface area contributed by atoms with Crippen LogP contribution in [0.1, 0.15) is 37.9 Å². The lowest BCUT2D eigenvalue weighted by molar-refractivity contribution is 0.218. The van der Waals surface area contributed by atoms with E-state index < -0.39 is 0 Å². The molecule has 23 heavy (non-hydrogen) atoms. The molecule has 0 aliphatic heterocycles. The highest BCUT2D eigenvalue weighted by Crippen LogP contribution is 2.32. The number of carbonyl (C=O) groups is 1. The molecule has 2 N–H and O–H groups in total. The van der Waals surface area contributed by atoms with Gasteiger partial charge in [0.1, 0.15) is 5.82 Å².